The summed E-state index contributed by atoms with van der Waals surface area (Å²) in [5.41, 5.74) is 2.21. The third-order valence-electron chi connectivity index (χ3n) is 3.17. The molecule has 0 radical (unpaired) electrons. The molecular formula is C16H16BrFO2. The minimum absolute atomic E-state index is 0.280. The molecule has 2 aromatic carbocycles. The Labute approximate surface area is 126 Å². The van der Waals surface area contributed by atoms with Gasteiger partial charge in [0.15, 0.2) is 0 Å². The van der Waals surface area contributed by atoms with Gasteiger partial charge in [0.25, 0.3) is 0 Å². The first kappa shape index (κ1) is 15.0. The first-order valence-electron chi connectivity index (χ1n) is 6.28. The Kier molecular flexibility index (Phi) is 4.78. The van der Waals surface area contributed by atoms with Crippen molar-refractivity contribution < 1.29 is 14.2 Å². The van der Waals surface area contributed by atoms with E-state index in [0.717, 1.165) is 15.6 Å². The number of methoxy groups -OCH3 is 1. The lowest BCUT2D eigenvalue weighted by molar-refractivity contribution is 0.172. The number of hydrogen-bond donors (Lipinski definition) is 1. The minimum atomic E-state index is -0.914. The molecular weight excluding hydrogens is 323 g/mol. The van der Waals surface area contributed by atoms with Crippen molar-refractivity contribution in [2.75, 3.05) is 7.11 Å². The average Bonchev–Trinajstić information content (AvgIpc) is 2.41. The number of aliphatic hydroxyl groups is 1. The minimum Gasteiger partial charge on any atom is -0.496 e. The summed E-state index contributed by atoms with van der Waals surface area (Å²) in [6.45, 7) is 1.97. The van der Waals surface area contributed by atoms with E-state index < -0.39 is 11.9 Å². The maximum Gasteiger partial charge on any atom is 0.129 e. The standard InChI is InChI=1S/C16H16BrFO2/c1-10-3-6-16(20-2)11(7-10)8-15(19)13-9-12(17)4-5-14(13)18/h3-7,9,15,19H,8H2,1-2H3. The van der Waals surface area contributed by atoms with Crippen LogP contribution in [0.2, 0.25) is 0 Å². The van der Waals surface area contributed by atoms with Crippen LogP contribution in [0.15, 0.2) is 40.9 Å². The van der Waals surface area contributed by atoms with Crippen LogP contribution < -0.4 is 4.74 Å². The highest BCUT2D eigenvalue weighted by Crippen LogP contribution is 2.28. The number of aliphatic hydroxyl groups excluding tert-OH is 1. The van der Waals surface area contributed by atoms with E-state index in [-0.39, 0.29) is 5.56 Å². The fourth-order valence-corrected chi connectivity index (χ4v) is 2.53. The third-order valence-corrected chi connectivity index (χ3v) is 3.66. The van der Waals surface area contributed by atoms with Gasteiger partial charge < -0.3 is 9.84 Å². The van der Waals surface area contributed by atoms with Crippen LogP contribution in [-0.4, -0.2) is 12.2 Å². The van der Waals surface area contributed by atoms with Gasteiger partial charge in [0.2, 0.25) is 0 Å². The van der Waals surface area contributed by atoms with E-state index >= 15 is 0 Å². The lowest BCUT2D eigenvalue weighted by atomic mass is 9.99. The molecule has 106 valence electrons. The highest BCUT2D eigenvalue weighted by molar-refractivity contribution is 9.10. The van der Waals surface area contributed by atoms with Gasteiger partial charge >= 0.3 is 0 Å². The van der Waals surface area contributed by atoms with Crippen LogP contribution in [0.1, 0.15) is 22.8 Å². The number of benzene rings is 2. The first-order chi connectivity index (χ1) is 9.51. The predicted molar refractivity (Wildman–Crippen MR) is 80.5 cm³/mol. The van der Waals surface area contributed by atoms with E-state index in [0.29, 0.717) is 12.2 Å². The van der Waals surface area contributed by atoms with Crippen LogP contribution in [0.4, 0.5) is 4.39 Å². The molecule has 0 aromatic heterocycles. The van der Waals surface area contributed by atoms with Gasteiger partial charge in [-0.15, -0.1) is 0 Å². The lowest BCUT2D eigenvalue weighted by Gasteiger charge is -2.15. The highest BCUT2D eigenvalue weighted by atomic mass is 79.9. The molecule has 20 heavy (non-hydrogen) atoms. The lowest BCUT2D eigenvalue weighted by Crippen LogP contribution is -2.06. The normalized spacial score (nSPS) is 12.2. The predicted octanol–water partition coefficient (Wildman–Crippen LogP) is 4.18. The molecule has 2 aromatic rings. The zero-order valence-electron chi connectivity index (χ0n) is 11.4. The number of aryl methyl sites for hydroxylation is 1. The Morgan fingerprint density at radius 2 is 2.00 bits per heavy atom. The summed E-state index contributed by atoms with van der Waals surface area (Å²) in [4.78, 5) is 0. The fourth-order valence-electron chi connectivity index (χ4n) is 2.16. The summed E-state index contributed by atoms with van der Waals surface area (Å²) in [5.74, 6) is 0.289. The third kappa shape index (κ3) is 3.38. The zero-order valence-corrected chi connectivity index (χ0v) is 12.9. The molecule has 0 aliphatic rings. The molecule has 1 unspecified atom stereocenters. The second-order valence-electron chi connectivity index (χ2n) is 4.70. The van der Waals surface area contributed by atoms with E-state index in [1.54, 1.807) is 19.2 Å². The van der Waals surface area contributed by atoms with E-state index in [1.807, 2.05) is 25.1 Å². The summed E-state index contributed by atoms with van der Waals surface area (Å²) in [7, 11) is 1.58. The van der Waals surface area contributed by atoms with Gasteiger partial charge in [0.05, 0.1) is 13.2 Å². The Bertz CT molecular complexity index is 613. The average molecular weight is 339 g/mol. The summed E-state index contributed by atoms with van der Waals surface area (Å²) in [5, 5.41) is 10.3. The van der Waals surface area contributed by atoms with Crippen molar-refractivity contribution in [3.63, 3.8) is 0 Å². The van der Waals surface area contributed by atoms with Crippen LogP contribution in [-0.2, 0) is 6.42 Å². The van der Waals surface area contributed by atoms with Gasteiger partial charge in [-0.2, -0.15) is 0 Å². The maximum absolute atomic E-state index is 13.8. The molecule has 0 aliphatic carbocycles. The van der Waals surface area contributed by atoms with Gasteiger partial charge in [-0.1, -0.05) is 33.6 Å². The summed E-state index contributed by atoms with van der Waals surface area (Å²) in [6.07, 6.45) is -0.610. The van der Waals surface area contributed by atoms with E-state index in [2.05, 4.69) is 15.9 Å². The molecule has 0 heterocycles. The van der Waals surface area contributed by atoms with Crippen molar-refractivity contribution in [1.82, 2.24) is 0 Å². The molecule has 1 N–H and O–H groups in total. The fraction of sp³-hybridized carbons (Fsp3) is 0.250. The van der Waals surface area contributed by atoms with E-state index in [1.165, 1.54) is 6.07 Å². The van der Waals surface area contributed by atoms with Gasteiger partial charge in [-0.25, -0.2) is 4.39 Å². The van der Waals surface area contributed by atoms with Gasteiger partial charge in [-0.3, -0.25) is 0 Å². The Balaban J connectivity index is 2.29. The molecule has 0 spiro atoms. The van der Waals surface area contributed by atoms with Crippen molar-refractivity contribution in [2.45, 2.75) is 19.4 Å². The van der Waals surface area contributed by atoms with E-state index in [4.69, 9.17) is 4.74 Å². The van der Waals surface area contributed by atoms with Crippen LogP contribution in [0.5, 0.6) is 5.75 Å². The van der Waals surface area contributed by atoms with Gasteiger partial charge in [0.1, 0.15) is 11.6 Å². The van der Waals surface area contributed by atoms with Crippen molar-refractivity contribution in [1.29, 1.82) is 0 Å². The van der Waals surface area contributed by atoms with Crippen molar-refractivity contribution in [2.24, 2.45) is 0 Å². The van der Waals surface area contributed by atoms with Crippen LogP contribution >= 0.6 is 15.9 Å². The number of hydrogen-bond acceptors (Lipinski definition) is 2. The van der Waals surface area contributed by atoms with E-state index in [9.17, 15) is 9.50 Å². The number of ether oxygens (including phenoxy) is 1. The summed E-state index contributed by atoms with van der Waals surface area (Å²) < 4.78 is 19.8. The molecule has 1 atom stereocenters. The van der Waals surface area contributed by atoms with Gasteiger partial charge in [-0.05, 0) is 36.8 Å². The number of rotatable bonds is 4. The van der Waals surface area contributed by atoms with Crippen LogP contribution in [0.25, 0.3) is 0 Å². The molecule has 0 bridgehead atoms. The smallest absolute Gasteiger partial charge is 0.129 e. The van der Waals surface area contributed by atoms with Crippen molar-refractivity contribution in [3.8, 4) is 5.75 Å². The summed E-state index contributed by atoms with van der Waals surface area (Å²) in [6, 6.07) is 10.3. The molecule has 2 rings (SSSR count). The monoisotopic (exact) mass is 338 g/mol. The molecule has 4 heteroatoms. The quantitative estimate of drug-likeness (QED) is 0.905. The molecule has 0 aliphatic heterocycles. The SMILES string of the molecule is COc1ccc(C)cc1CC(O)c1cc(Br)ccc1F. The molecule has 0 amide bonds. The Morgan fingerprint density at radius 3 is 2.70 bits per heavy atom. The second kappa shape index (κ2) is 6.37. The molecule has 0 fully saturated rings. The van der Waals surface area contributed by atoms with Crippen LogP contribution in [0.3, 0.4) is 0 Å². The molecule has 2 nitrogen and oxygen atoms in total. The van der Waals surface area contributed by atoms with Gasteiger partial charge in [0, 0.05) is 16.5 Å². The van der Waals surface area contributed by atoms with Crippen molar-refractivity contribution in [3.05, 3.63) is 63.4 Å². The maximum atomic E-state index is 13.8. The topological polar surface area (TPSA) is 29.5 Å². The zero-order chi connectivity index (χ0) is 14.7. The first-order valence-corrected chi connectivity index (χ1v) is 7.07. The summed E-state index contributed by atoms with van der Waals surface area (Å²) >= 11 is 3.29. The van der Waals surface area contributed by atoms with Crippen molar-refractivity contribution >= 4 is 15.9 Å². The molecule has 0 saturated carbocycles. The Hall–Kier alpha value is -1.39. The highest BCUT2D eigenvalue weighted by Gasteiger charge is 2.16. The number of halogens is 2. The Morgan fingerprint density at radius 1 is 1.25 bits per heavy atom. The second-order valence-corrected chi connectivity index (χ2v) is 5.62. The molecule has 0 saturated heterocycles. The van der Waals surface area contributed by atoms with Crippen LogP contribution in [0, 0.1) is 12.7 Å². The largest absolute Gasteiger partial charge is 0.496 e.